The van der Waals surface area contributed by atoms with E-state index >= 15 is 0 Å². The highest BCUT2D eigenvalue weighted by Crippen LogP contribution is 2.14. The van der Waals surface area contributed by atoms with Crippen LogP contribution in [0.15, 0.2) is 16.5 Å². The Hall–Kier alpha value is -1.04. The number of methoxy groups -OCH3 is 2. The van der Waals surface area contributed by atoms with E-state index in [9.17, 15) is 4.79 Å². The summed E-state index contributed by atoms with van der Waals surface area (Å²) in [6, 6.07) is 3.09. The zero-order valence-corrected chi connectivity index (χ0v) is 10.7. The lowest BCUT2D eigenvalue weighted by atomic mass is 10.3. The molecule has 6 heteroatoms. The number of carbonyl (C=O) groups is 1. The van der Waals surface area contributed by atoms with E-state index < -0.39 is 0 Å². The fourth-order valence-corrected chi connectivity index (χ4v) is 1.45. The van der Waals surface area contributed by atoms with Crippen molar-refractivity contribution in [3.8, 4) is 0 Å². The van der Waals surface area contributed by atoms with Crippen molar-refractivity contribution in [2.24, 2.45) is 0 Å². The first-order valence-electron chi connectivity index (χ1n) is 5.21. The summed E-state index contributed by atoms with van der Waals surface area (Å²) in [4.78, 5) is 13.6. The summed E-state index contributed by atoms with van der Waals surface area (Å²) in [5, 5.41) is 0.201. The van der Waals surface area contributed by atoms with Gasteiger partial charge in [-0.3, -0.25) is 4.79 Å². The first-order chi connectivity index (χ1) is 8.19. The molecular formula is C11H16ClNO4. The molecule has 0 aliphatic carbocycles. The molecule has 1 amide bonds. The smallest absolute Gasteiger partial charge is 0.289 e. The number of halogens is 1. The molecule has 0 radical (unpaired) electrons. The van der Waals surface area contributed by atoms with Crippen LogP contribution in [-0.4, -0.2) is 51.3 Å². The second kappa shape index (κ2) is 7.32. The third-order valence-electron chi connectivity index (χ3n) is 2.20. The van der Waals surface area contributed by atoms with Gasteiger partial charge in [0.2, 0.25) is 0 Å². The number of rotatable bonds is 7. The van der Waals surface area contributed by atoms with Crippen molar-refractivity contribution >= 4 is 17.5 Å². The van der Waals surface area contributed by atoms with Crippen LogP contribution in [0.2, 0.25) is 5.22 Å². The van der Waals surface area contributed by atoms with Gasteiger partial charge >= 0.3 is 0 Å². The molecule has 5 nitrogen and oxygen atoms in total. The molecule has 1 heterocycles. The number of amides is 1. The molecule has 0 saturated heterocycles. The van der Waals surface area contributed by atoms with Gasteiger partial charge in [-0.2, -0.15) is 0 Å². The van der Waals surface area contributed by atoms with Crippen LogP contribution in [-0.2, 0) is 9.47 Å². The maximum Gasteiger partial charge on any atom is 0.289 e. The van der Waals surface area contributed by atoms with Gasteiger partial charge in [-0.1, -0.05) is 0 Å². The highest BCUT2D eigenvalue weighted by Gasteiger charge is 2.18. The summed E-state index contributed by atoms with van der Waals surface area (Å²) in [5.41, 5.74) is 0. The Morgan fingerprint density at radius 1 is 1.29 bits per heavy atom. The van der Waals surface area contributed by atoms with Crippen molar-refractivity contribution in [2.45, 2.75) is 0 Å². The molecule has 0 spiro atoms. The van der Waals surface area contributed by atoms with E-state index in [2.05, 4.69) is 0 Å². The highest BCUT2D eigenvalue weighted by molar-refractivity contribution is 6.29. The Morgan fingerprint density at radius 3 is 2.29 bits per heavy atom. The van der Waals surface area contributed by atoms with Crippen LogP contribution in [0.5, 0.6) is 0 Å². The lowest BCUT2D eigenvalue weighted by Gasteiger charge is -2.20. The number of carbonyl (C=O) groups excluding carboxylic acids is 1. The number of nitrogens with zero attached hydrogens (tertiary/aromatic N) is 1. The molecule has 0 saturated carbocycles. The Bertz CT molecular complexity index is 345. The number of ether oxygens (including phenoxy) is 2. The molecule has 0 bridgehead atoms. The van der Waals surface area contributed by atoms with Crippen LogP contribution in [0.4, 0.5) is 0 Å². The Balaban J connectivity index is 2.64. The molecule has 0 unspecified atom stereocenters. The molecule has 0 N–H and O–H groups in total. The quantitative estimate of drug-likeness (QED) is 0.749. The van der Waals surface area contributed by atoms with Crippen LogP contribution in [0.25, 0.3) is 0 Å². The monoisotopic (exact) mass is 261 g/mol. The third-order valence-corrected chi connectivity index (χ3v) is 2.40. The molecule has 0 aliphatic heterocycles. The largest absolute Gasteiger partial charge is 0.440 e. The normalized spacial score (nSPS) is 10.5. The fourth-order valence-electron chi connectivity index (χ4n) is 1.30. The van der Waals surface area contributed by atoms with Gasteiger partial charge in [0.25, 0.3) is 5.91 Å². The second-order valence-corrected chi connectivity index (χ2v) is 3.75. The van der Waals surface area contributed by atoms with Gasteiger partial charge in [-0.05, 0) is 23.7 Å². The summed E-state index contributed by atoms with van der Waals surface area (Å²) >= 11 is 5.63. The fraction of sp³-hybridized carbons (Fsp3) is 0.545. The van der Waals surface area contributed by atoms with Crippen molar-refractivity contribution < 1.29 is 18.7 Å². The Labute approximate surface area is 105 Å². The minimum Gasteiger partial charge on any atom is -0.440 e. The minimum atomic E-state index is -0.217. The Kier molecular flexibility index (Phi) is 6.04. The molecule has 96 valence electrons. The first-order valence-corrected chi connectivity index (χ1v) is 5.59. The predicted octanol–water partition coefficient (Wildman–Crippen LogP) is 1.67. The molecule has 17 heavy (non-hydrogen) atoms. The standard InChI is InChI=1S/C11H16ClNO4/c1-15-7-5-13(6-8-16-2)11(14)9-3-4-10(12)17-9/h3-4H,5-8H2,1-2H3. The van der Waals surface area contributed by atoms with Crippen molar-refractivity contribution in [1.29, 1.82) is 0 Å². The molecule has 0 aliphatic rings. The van der Waals surface area contributed by atoms with Crippen molar-refractivity contribution in [3.05, 3.63) is 23.1 Å². The summed E-state index contributed by atoms with van der Waals surface area (Å²) in [5.74, 6) is 0.00760. The van der Waals surface area contributed by atoms with Crippen LogP contribution >= 0.6 is 11.6 Å². The van der Waals surface area contributed by atoms with E-state index in [1.807, 2.05) is 0 Å². The van der Waals surface area contributed by atoms with Gasteiger partial charge in [0.15, 0.2) is 11.0 Å². The van der Waals surface area contributed by atoms with Gasteiger partial charge in [0, 0.05) is 27.3 Å². The zero-order valence-electron chi connectivity index (χ0n) is 9.94. The summed E-state index contributed by atoms with van der Waals surface area (Å²) in [6.45, 7) is 1.89. The summed E-state index contributed by atoms with van der Waals surface area (Å²) < 4.78 is 15.0. The molecular weight excluding hydrogens is 246 g/mol. The Morgan fingerprint density at radius 2 is 1.88 bits per heavy atom. The predicted molar refractivity (Wildman–Crippen MR) is 63.4 cm³/mol. The average molecular weight is 262 g/mol. The van der Waals surface area contributed by atoms with E-state index in [1.165, 1.54) is 0 Å². The van der Waals surface area contributed by atoms with Crippen LogP contribution in [0.1, 0.15) is 10.6 Å². The van der Waals surface area contributed by atoms with E-state index in [1.54, 1.807) is 31.3 Å². The molecule has 1 aromatic rings. The van der Waals surface area contributed by atoms with Crippen molar-refractivity contribution in [2.75, 3.05) is 40.5 Å². The van der Waals surface area contributed by atoms with Crippen molar-refractivity contribution in [1.82, 2.24) is 4.90 Å². The lowest BCUT2D eigenvalue weighted by Crippen LogP contribution is -2.36. The molecule has 0 aromatic carbocycles. The highest BCUT2D eigenvalue weighted by atomic mass is 35.5. The number of hydrogen-bond acceptors (Lipinski definition) is 4. The van der Waals surface area contributed by atoms with E-state index in [0.29, 0.717) is 26.3 Å². The lowest BCUT2D eigenvalue weighted by molar-refractivity contribution is 0.0598. The van der Waals surface area contributed by atoms with E-state index in [-0.39, 0.29) is 16.9 Å². The van der Waals surface area contributed by atoms with Crippen LogP contribution < -0.4 is 0 Å². The van der Waals surface area contributed by atoms with Crippen molar-refractivity contribution in [3.63, 3.8) is 0 Å². The zero-order chi connectivity index (χ0) is 12.7. The van der Waals surface area contributed by atoms with Crippen LogP contribution in [0.3, 0.4) is 0 Å². The average Bonchev–Trinajstić information content (AvgIpc) is 2.75. The van der Waals surface area contributed by atoms with Gasteiger partial charge in [-0.15, -0.1) is 0 Å². The maximum absolute atomic E-state index is 12.0. The first kappa shape index (κ1) is 14.0. The summed E-state index contributed by atoms with van der Waals surface area (Å²) in [7, 11) is 3.17. The minimum absolute atomic E-state index is 0.201. The second-order valence-electron chi connectivity index (χ2n) is 3.38. The molecule has 0 atom stereocenters. The van der Waals surface area contributed by atoms with E-state index in [4.69, 9.17) is 25.5 Å². The molecule has 1 aromatic heterocycles. The number of hydrogen-bond donors (Lipinski definition) is 0. The SMILES string of the molecule is COCCN(CCOC)C(=O)c1ccc(Cl)o1. The van der Waals surface area contributed by atoms with Gasteiger partial charge in [-0.25, -0.2) is 0 Å². The van der Waals surface area contributed by atoms with Gasteiger partial charge in [0.05, 0.1) is 13.2 Å². The van der Waals surface area contributed by atoms with Crippen LogP contribution in [0, 0.1) is 0 Å². The molecule has 0 fully saturated rings. The summed E-state index contributed by atoms with van der Waals surface area (Å²) in [6.07, 6.45) is 0. The maximum atomic E-state index is 12.0. The van der Waals surface area contributed by atoms with E-state index in [0.717, 1.165) is 0 Å². The number of furan rings is 1. The topological polar surface area (TPSA) is 51.9 Å². The van der Waals surface area contributed by atoms with Gasteiger partial charge < -0.3 is 18.8 Å². The third kappa shape index (κ3) is 4.38. The van der Waals surface area contributed by atoms with Gasteiger partial charge in [0.1, 0.15) is 0 Å². The molecule has 1 rings (SSSR count).